The SMILES string of the molecule is O=C1CC[C@H](N2Cc3cc(O[C@H]4CCN(Cc5ccc6nc(C7CCOCC7)ccc6c5F)C4)ccc3C2=O)C(=O)N1. The molecule has 0 radical (unpaired) electrons. The Balaban J connectivity index is 0.979. The molecule has 0 bridgehead atoms. The molecule has 3 amide bonds. The smallest absolute Gasteiger partial charge is 0.255 e. The Bertz CT molecular complexity index is 1570. The molecular weight excluding hydrogens is 539 g/mol. The van der Waals surface area contributed by atoms with Crippen LogP contribution in [0.2, 0.25) is 0 Å². The molecule has 2 atom stereocenters. The van der Waals surface area contributed by atoms with Gasteiger partial charge in [-0.15, -0.1) is 0 Å². The number of piperidine rings is 1. The van der Waals surface area contributed by atoms with Crippen LogP contribution < -0.4 is 10.1 Å². The van der Waals surface area contributed by atoms with Gasteiger partial charge in [-0.25, -0.2) is 4.39 Å². The van der Waals surface area contributed by atoms with Gasteiger partial charge < -0.3 is 14.4 Å². The molecular formula is C32H33FN4O5. The van der Waals surface area contributed by atoms with Crippen molar-refractivity contribution in [3.05, 3.63) is 70.7 Å². The lowest BCUT2D eigenvalue weighted by molar-refractivity contribution is -0.136. The Morgan fingerprint density at radius 2 is 1.88 bits per heavy atom. The van der Waals surface area contributed by atoms with E-state index in [1.807, 2.05) is 30.3 Å². The number of likely N-dealkylation sites (tertiary alicyclic amines) is 1. The summed E-state index contributed by atoms with van der Waals surface area (Å²) in [6.07, 6.45) is 3.20. The van der Waals surface area contributed by atoms with E-state index < -0.39 is 11.9 Å². The van der Waals surface area contributed by atoms with Gasteiger partial charge in [-0.2, -0.15) is 0 Å². The molecule has 3 saturated heterocycles. The van der Waals surface area contributed by atoms with Crippen LogP contribution in [0.25, 0.3) is 10.9 Å². The topological polar surface area (TPSA) is 101 Å². The van der Waals surface area contributed by atoms with E-state index in [1.54, 1.807) is 12.1 Å². The molecule has 3 fully saturated rings. The lowest BCUT2D eigenvalue weighted by Gasteiger charge is -2.29. The number of ether oxygens (including phenoxy) is 2. The minimum absolute atomic E-state index is 0.0568. The third-order valence-electron chi connectivity index (χ3n) is 8.97. The van der Waals surface area contributed by atoms with E-state index in [-0.39, 0.29) is 30.2 Å². The fourth-order valence-electron chi connectivity index (χ4n) is 6.67. The molecule has 3 aromatic rings. The Morgan fingerprint density at radius 1 is 1.02 bits per heavy atom. The van der Waals surface area contributed by atoms with Gasteiger partial charge in [-0.1, -0.05) is 6.07 Å². The van der Waals surface area contributed by atoms with Gasteiger partial charge in [0.25, 0.3) is 5.91 Å². The lowest BCUT2D eigenvalue weighted by atomic mass is 9.95. The maximum atomic E-state index is 15.5. The first-order valence-corrected chi connectivity index (χ1v) is 14.8. The molecule has 4 aliphatic heterocycles. The predicted molar refractivity (Wildman–Crippen MR) is 151 cm³/mol. The number of hydrogen-bond donors (Lipinski definition) is 1. The molecule has 7 rings (SSSR count). The zero-order valence-electron chi connectivity index (χ0n) is 23.3. The van der Waals surface area contributed by atoms with E-state index in [1.165, 1.54) is 4.90 Å². The quantitative estimate of drug-likeness (QED) is 0.450. The molecule has 10 heteroatoms. The third kappa shape index (κ3) is 5.13. The van der Waals surface area contributed by atoms with Crippen LogP contribution in [0.1, 0.15) is 65.2 Å². The number of carbonyl (C=O) groups excluding carboxylic acids is 3. The predicted octanol–water partition coefficient (Wildman–Crippen LogP) is 3.68. The van der Waals surface area contributed by atoms with Crippen LogP contribution >= 0.6 is 0 Å². The molecule has 0 spiro atoms. The highest BCUT2D eigenvalue weighted by molar-refractivity contribution is 6.05. The molecule has 42 heavy (non-hydrogen) atoms. The van der Waals surface area contributed by atoms with E-state index in [0.29, 0.717) is 59.8 Å². The number of fused-ring (bicyclic) bond motifs is 2. The molecule has 1 N–H and O–H groups in total. The average molecular weight is 573 g/mol. The summed E-state index contributed by atoms with van der Waals surface area (Å²) in [6.45, 7) is 3.73. The summed E-state index contributed by atoms with van der Waals surface area (Å²) in [5.74, 6) is -0.113. The number of nitrogens with zero attached hydrogens (tertiary/aromatic N) is 3. The van der Waals surface area contributed by atoms with Crippen molar-refractivity contribution in [1.29, 1.82) is 0 Å². The van der Waals surface area contributed by atoms with Crippen molar-refractivity contribution in [1.82, 2.24) is 20.1 Å². The molecule has 2 aromatic carbocycles. The first kappa shape index (κ1) is 27.0. The number of rotatable bonds is 6. The zero-order chi connectivity index (χ0) is 28.8. The number of imide groups is 1. The number of nitrogens with one attached hydrogen (secondary N) is 1. The Morgan fingerprint density at radius 3 is 2.71 bits per heavy atom. The number of aromatic nitrogens is 1. The summed E-state index contributed by atoms with van der Waals surface area (Å²) >= 11 is 0. The molecule has 218 valence electrons. The normalized spacial score (nSPS) is 23.5. The van der Waals surface area contributed by atoms with E-state index in [4.69, 9.17) is 14.5 Å². The second kappa shape index (κ2) is 11.1. The van der Waals surface area contributed by atoms with Crippen molar-refractivity contribution in [3.8, 4) is 5.75 Å². The molecule has 1 aromatic heterocycles. The largest absolute Gasteiger partial charge is 0.489 e. The number of hydrogen-bond acceptors (Lipinski definition) is 7. The van der Waals surface area contributed by atoms with Gasteiger partial charge >= 0.3 is 0 Å². The van der Waals surface area contributed by atoms with Crippen LogP contribution in [-0.4, -0.2) is 71.0 Å². The van der Waals surface area contributed by atoms with Gasteiger partial charge in [0.15, 0.2) is 0 Å². The zero-order valence-corrected chi connectivity index (χ0v) is 23.3. The van der Waals surface area contributed by atoms with Crippen LogP contribution in [0.5, 0.6) is 5.75 Å². The summed E-state index contributed by atoms with van der Waals surface area (Å²) in [4.78, 5) is 45.3. The third-order valence-corrected chi connectivity index (χ3v) is 8.97. The number of carbonyl (C=O) groups is 3. The molecule has 0 aliphatic carbocycles. The van der Waals surface area contributed by atoms with Gasteiger partial charge in [0.1, 0.15) is 23.7 Å². The maximum Gasteiger partial charge on any atom is 0.255 e. The second-order valence-corrected chi connectivity index (χ2v) is 11.7. The molecule has 0 saturated carbocycles. The minimum atomic E-state index is -0.643. The monoisotopic (exact) mass is 572 g/mol. The van der Waals surface area contributed by atoms with Gasteiger partial charge in [-0.05, 0) is 67.6 Å². The minimum Gasteiger partial charge on any atom is -0.489 e. The molecule has 5 heterocycles. The van der Waals surface area contributed by atoms with Crippen molar-refractivity contribution in [2.24, 2.45) is 0 Å². The first-order chi connectivity index (χ1) is 20.4. The van der Waals surface area contributed by atoms with Crippen LogP contribution in [0.15, 0.2) is 42.5 Å². The van der Waals surface area contributed by atoms with E-state index >= 15 is 4.39 Å². The highest BCUT2D eigenvalue weighted by Gasteiger charge is 2.39. The Hall–Kier alpha value is -3.89. The van der Waals surface area contributed by atoms with Crippen LogP contribution in [-0.2, 0) is 27.4 Å². The van der Waals surface area contributed by atoms with Crippen molar-refractivity contribution >= 4 is 28.6 Å². The van der Waals surface area contributed by atoms with Gasteiger partial charge in [0.05, 0.1) is 5.52 Å². The Kier molecular flexibility index (Phi) is 7.11. The van der Waals surface area contributed by atoms with Gasteiger partial charge in [0.2, 0.25) is 11.8 Å². The average Bonchev–Trinajstić information content (AvgIpc) is 3.58. The maximum absolute atomic E-state index is 15.5. The summed E-state index contributed by atoms with van der Waals surface area (Å²) in [5.41, 5.74) is 3.71. The first-order valence-electron chi connectivity index (χ1n) is 14.8. The molecule has 4 aliphatic rings. The van der Waals surface area contributed by atoms with Crippen molar-refractivity contribution < 1.29 is 28.2 Å². The number of pyridine rings is 1. The van der Waals surface area contributed by atoms with E-state index in [0.717, 1.165) is 50.3 Å². The fraction of sp³-hybridized carbons (Fsp3) is 0.438. The van der Waals surface area contributed by atoms with Crippen LogP contribution in [0.3, 0.4) is 0 Å². The molecule has 9 nitrogen and oxygen atoms in total. The van der Waals surface area contributed by atoms with Crippen LogP contribution in [0, 0.1) is 5.82 Å². The van der Waals surface area contributed by atoms with Gasteiger partial charge in [0, 0.05) is 73.9 Å². The summed E-state index contributed by atoms with van der Waals surface area (Å²) < 4.78 is 27.3. The van der Waals surface area contributed by atoms with Crippen molar-refractivity contribution in [2.45, 2.75) is 63.3 Å². The lowest BCUT2D eigenvalue weighted by Crippen LogP contribution is -2.52. The standard InChI is InChI=1S/C32H33FN4O5/c33-30-20(1-5-27-25(30)4-6-26(34-27)19-10-13-41-14-11-19)16-36-12-9-23(18-36)42-22-2-3-24-21(15-22)17-37(32(24)40)28-7-8-29(38)35-31(28)39/h1-6,15,19,23,28H,7-14,16-18H2,(H,35,38,39)/t23-,28-/m0/s1. The van der Waals surface area contributed by atoms with Crippen molar-refractivity contribution in [3.63, 3.8) is 0 Å². The van der Waals surface area contributed by atoms with Crippen molar-refractivity contribution in [2.75, 3.05) is 26.3 Å². The summed E-state index contributed by atoms with van der Waals surface area (Å²) in [6, 6.07) is 12.3. The summed E-state index contributed by atoms with van der Waals surface area (Å²) in [5, 5.41) is 2.88. The number of amides is 3. The Labute approximate surface area is 243 Å². The molecule has 0 unspecified atom stereocenters. The van der Waals surface area contributed by atoms with Crippen LogP contribution in [0.4, 0.5) is 4.39 Å². The number of benzene rings is 2. The van der Waals surface area contributed by atoms with Gasteiger partial charge in [-0.3, -0.25) is 29.6 Å². The summed E-state index contributed by atoms with van der Waals surface area (Å²) in [7, 11) is 0. The highest BCUT2D eigenvalue weighted by Crippen LogP contribution is 2.32. The number of halogens is 1. The second-order valence-electron chi connectivity index (χ2n) is 11.7. The van der Waals surface area contributed by atoms with E-state index in [9.17, 15) is 14.4 Å². The fourth-order valence-corrected chi connectivity index (χ4v) is 6.67. The van der Waals surface area contributed by atoms with E-state index in [2.05, 4.69) is 10.2 Å². The highest BCUT2D eigenvalue weighted by atomic mass is 19.1.